The quantitative estimate of drug-likeness (QED) is 0.342. The van der Waals surface area contributed by atoms with E-state index in [2.05, 4.69) is 57.4 Å². The van der Waals surface area contributed by atoms with Crippen LogP contribution >= 0.6 is 0 Å². The molecule has 2 aromatic rings. The molecule has 0 spiro atoms. The molecule has 0 aromatic heterocycles. The van der Waals surface area contributed by atoms with Gasteiger partial charge in [0.05, 0.1) is 6.42 Å². The Morgan fingerprint density at radius 2 is 1.69 bits per heavy atom. The van der Waals surface area contributed by atoms with Crippen molar-refractivity contribution in [2.45, 2.75) is 78.8 Å². The second kappa shape index (κ2) is 11.8. The van der Waals surface area contributed by atoms with E-state index in [0.717, 1.165) is 17.7 Å². The number of hydrogen-bond acceptors (Lipinski definition) is 3. The number of aliphatic carboxylic acids is 1. The molecule has 0 saturated heterocycles. The van der Waals surface area contributed by atoms with Crippen LogP contribution in [0.25, 0.3) is 0 Å². The number of hydrogen-bond donors (Lipinski definition) is 3. The molecule has 2 fully saturated rings. The van der Waals surface area contributed by atoms with Crippen LogP contribution in [0.2, 0.25) is 0 Å². The van der Waals surface area contributed by atoms with E-state index >= 15 is 0 Å². The van der Waals surface area contributed by atoms with Crippen LogP contribution in [0.15, 0.2) is 48.5 Å². The Bertz CT molecular complexity index is 1170. The fraction of sp³-hybridized carbons (Fsp3) is 0.531. The van der Waals surface area contributed by atoms with Crippen molar-refractivity contribution >= 4 is 23.6 Å². The molecule has 7 nitrogen and oxygen atoms in total. The number of urea groups is 1. The minimum atomic E-state index is -0.950. The van der Waals surface area contributed by atoms with Gasteiger partial charge in [0.1, 0.15) is 0 Å². The van der Waals surface area contributed by atoms with E-state index in [1.165, 1.54) is 18.4 Å². The first-order valence-electron chi connectivity index (χ1n) is 14.2. The Hall–Kier alpha value is -3.35. The number of carbonyl (C=O) groups excluding carboxylic acids is 2. The summed E-state index contributed by atoms with van der Waals surface area (Å²) in [5, 5.41) is 14.6. The number of benzene rings is 2. The summed E-state index contributed by atoms with van der Waals surface area (Å²) >= 11 is 0. The average Bonchev–Trinajstić information content (AvgIpc) is 3.06. The smallest absolute Gasteiger partial charge is 0.322 e. The summed E-state index contributed by atoms with van der Waals surface area (Å²) in [6, 6.07) is 15.4. The second-order valence-corrected chi connectivity index (χ2v) is 12.3. The van der Waals surface area contributed by atoms with Gasteiger partial charge in [-0.1, -0.05) is 58.9 Å². The molecule has 0 heterocycles. The molecular weight excluding hydrogens is 490 g/mol. The number of nitrogens with one attached hydrogen (secondary N) is 2. The van der Waals surface area contributed by atoms with Gasteiger partial charge in [-0.25, -0.2) is 4.79 Å². The van der Waals surface area contributed by atoms with Crippen LogP contribution < -0.4 is 10.6 Å². The molecule has 210 valence electrons. The number of carboxylic acid groups (broad SMARTS) is 1. The third-order valence-corrected chi connectivity index (χ3v) is 9.28. The zero-order valence-corrected chi connectivity index (χ0v) is 23.9. The van der Waals surface area contributed by atoms with Crippen molar-refractivity contribution in [3.8, 4) is 0 Å². The van der Waals surface area contributed by atoms with E-state index in [-0.39, 0.29) is 30.9 Å². The van der Waals surface area contributed by atoms with Crippen molar-refractivity contribution in [3.05, 3.63) is 65.2 Å². The first-order chi connectivity index (χ1) is 18.5. The molecule has 3 amide bonds. The molecule has 39 heavy (non-hydrogen) atoms. The highest BCUT2D eigenvalue weighted by Crippen LogP contribution is 2.58. The predicted molar refractivity (Wildman–Crippen MR) is 154 cm³/mol. The van der Waals surface area contributed by atoms with E-state index in [1.54, 1.807) is 12.1 Å². The normalized spacial score (nSPS) is 23.3. The van der Waals surface area contributed by atoms with E-state index in [0.29, 0.717) is 41.2 Å². The number of carboxylic acids is 1. The maximum absolute atomic E-state index is 13.8. The number of anilines is 1. The molecule has 4 rings (SSSR count). The number of fused-ring (bicyclic) bond motifs is 2. The molecule has 0 aliphatic heterocycles. The lowest BCUT2D eigenvalue weighted by molar-refractivity contribution is -0.136. The van der Waals surface area contributed by atoms with Crippen molar-refractivity contribution in [1.29, 1.82) is 0 Å². The van der Waals surface area contributed by atoms with Gasteiger partial charge < -0.3 is 20.6 Å². The highest BCUT2D eigenvalue weighted by atomic mass is 16.4. The van der Waals surface area contributed by atoms with Gasteiger partial charge in [-0.2, -0.15) is 0 Å². The van der Waals surface area contributed by atoms with E-state index in [1.807, 2.05) is 29.2 Å². The molecule has 4 unspecified atom stereocenters. The van der Waals surface area contributed by atoms with Gasteiger partial charge >= 0.3 is 12.0 Å². The van der Waals surface area contributed by atoms with E-state index in [9.17, 15) is 14.4 Å². The zero-order valence-electron chi connectivity index (χ0n) is 23.9. The number of amides is 3. The minimum absolute atomic E-state index is 0.0836. The molecule has 2 aliphatic carbocycles. The van der Waals surface area contributed by atoms with Gasteiger partial charge in [0.2, 0.25) is 0 Å². The van der Waals surface area contributed by atoms with Crippen molar-refractivity contribution in [3.63, 3.8) is 0 Å². The molecular formula is C32H43N3O4. The Morgan fingerprint density at radius 3 is 2.31 bits per heavy atom. The van der Waals surface area contributed by atoms with E-state index in [4.69, 9.17) is 5.11 Å². The second-order valence-electron chi connectivity index (χ2n) is 12.3. The molecule has 0 radical (unpaired) electrons. The van der Waals surface area contributed by atoms with Crippen LogP contribution in [-0.2, 0) is 11.3 Å². The predicted octanol–water partition coefficient (Wildman–Crippen LogP) is 6.51. The average molecular weight is 534 g/mol. The third kappa shape index (κ3) is 6.45. The Balaban J connectivity index is 1.53. The van der Waals surface area contributed by atoms with Crippen LogP contribution in [0.3, 0.4) is 0 Å². The summed E-state index contributed by atoms with van der Waals surface area (Å²) in [6.45, 7) is 11.9. The fourth-order valence-electron chi connectivity index (χ4n) is 6.80. The number of nitrogens with zero attached hydrogens (tertiary/aromatic N) is 1. The van der Waals surface area contributed by atoms with Crippen molar-refractivity contribution in [2.24, 2.45) is 23.2 Å². The summed E-state index contributed by atoms with van der Waals surface area (Å²) in [7, 11) is 0. The molecule has 2 bridgehead atoms. The Kier molecular flexibility index (Phi) is 8.67. The van der Waals surface area contributed by atoms with Crippen LogP contribution in [0.4, 0.5) is 10.5 Å². The lowest BCUT2D eigenvalue weighted by Crippen LogP contribution is -2.53. The summed E-state index contributed by atoms with van der Waals surface area (Å²) in [5.41, 5.74) is 3.73. The summed E-state index contributed by atoms with van der Waals surface area (Å²) in [6.07, 6.45) is 3.31. The zero-order chi connectivity index (χ0) is 28.3. The Morgan fingerprint density at radius 1 is 1.03 bits per heavy atom. The van der Waals surface area contributed by atoms with Gasteiger partial charge in [-0.15, -0.1) is 0 Å². The van der Waals surface area contributed by atoms with Crippen LogP contribution in [0.5, 0.6) is 0 Å². The lowest BCUT2D eigenvalue weighted by Gasteiger charge is -2.49. The molecule has 4 atom stereocenters. The molecule has 3 N–H and O–H groups in total. The van der Waals surface area contributed by atoms with Crippen LogP contribution in [0.1, 0.15) is 87.7 Å². The molecule has 2 aliphatic rings. The lowest BCUT2D eigenvalue weighted by atomic mass is 9.61. The van der Waals surface area contributed by atoms with Gasteiger partial charge in [0.25, 0.3) is 5.91 Å². The summed E-state index contributed by atoms with van der Waals surface area (Å²) in [4.78, 5) is 38.9. The number of rotatable bonds is 9. The van der Waals surface area contributed by atoms with Gasteiger partial charge in [0.15, 0.2) is 0 Å². The third-order valence-electron chi connectivity index (χ3n) is 9.28. The highest BCUT2D eigenvalue weighted by Gasteiger charge is 2.53. The Labute approximate surface area is 232 Å². The maximum atomic E-state index is 13.8. The topological polar surface area (TPSA) is 98.7 Å². The standard InChI is InChI=1S/C32H43N3O4/c1-20(2)23-10-13-26(14-11-23)34-31(39)35(28-18-25-12-15-27(21(28)3)32(25,4)5)19-22-6-8-24(9-7-22)30(38)33-17-16-29(36)37/h6-11,13-14,20-21,25,27-28H,12,15-19H2,1-5H3,(H,33,38)(H,34,39)(H,36,37). The number of carbonyl (C=O) groups is 3. The maximum Gasteiger partial charge on any atom is 0.322 e. The van der Waals surface area contributed by atoms with Crippen LogP contribution in [0, 0.1) is 23.2 Å². The van der Waals surface area contributed by atoms with Crippen molar-refractivity contribution in [2.75, 3.05) is 11.9 Å². The minimum Gasteiger partial charge on any atom is -0.481 e. The first-order valence-corrected chi connectivity index (χ1v) is 14.2. The first kappa shape index (κ1) is 28.7. The van der Waals surface area contributed by atoms with Crippen LogP contribution in [-0.4, -0.2) is 40.5 Å². The summed E-state index contributed by atoms with van der Waals surface area (Å²) < 4.78 is 0. The van der Waals surface area contributed by atoms with Gasteiger partial charge in [0, 0.05) is 30.4 Å². The SMILES string of the molecule is CC(C)c1ccc(NC(=O)N(Cc2ccc(C(=O)NCCC(=O)O)cc2)C2CC3CCC(C2C)C3(C)C)cc1. The molecule has 2 saturated carbocycles. The molecule has 7 heteroatoms. The van der Waals surface area contributed by atoms with Gasteiger partial charge in [-0.05, 0) is 83.7 Å². The van der Waals surface area contributed by atoms with E-state index < -0.39 is 5.97 Å². The van der Waals surface area contributed by atoms with Crippen molar-refractivity contribution in [1.82, 2.24) is 10.2 Å². The highest BCUT2D eigenvalue weighted by molar-refractivity contribution is 5.94. The summed E-state index contributed by atoms with van der Waals surface area (Å²) in [5.74, 6) is 0.734. The molecule has 2 aromatic carbocycles. The van der Waals surface area contributed by atoms with Crippen molar-refractivity contribution < 1.29 is 19.5 Å². The largest absolute Gasteiger partial charge is 0.481 e. The monoisotopic (exact) mass is 533 g/mol. The van der Waals surface area contributed by atoms with Gasteiger partial charge in [-0.3, -0.25) is 9.59 Å². The fourth-order valence-corrected chi connectivity index (χ4v) is 6.80.